The van der Waals surface area contributed by atoms with Crippen molar-refractivity contribution in [1.82, 2.24) is 5.16 Å². The third-order valence-electron chi connectivity index (χ3n) is 2.68. The van der Waals surface area contributed by atoms with Gasteiger partial charge in [-0.3, -0.25) is 0 Å². The largest absolute Gasteiger partial charge is 0.356 e. The lowest BCUT2D eigenvalue weighted by molar-refractivity contribution is 0.446. The molecule has 0 unspecified atom stereocenters. The van der Waals surface area contributed by atoms with Crippen LogP contribution in [0.15, 0.2) is 15.1 Å². The Morgan fingerprint density at radius 2 is 2.13 bits per heavy atom. The van der Waals surface area contributed by atoms with Gasteiger partial charge in [-0.15, -0.1) is 0 Å². The van der Waals surface area contributed by atoms with Crippen molar-refractivity contribution in [2.75, 3.05) is 5.75 Å². The quantitative estimate of drug-likeness (QED) is 0.852. The predicted molar refractivity (Wildman–Crippen MR) is 68.7 cm³/mol. The lowest BCUT2D eigenvalue weighted by atomic mass is 10.1. The zero-order chi connectivity index (χ0) is 11.0. The molecule has 0 fully saturated rings. The van der Waals surface area contributed by atoms with Gasteiger partial charge in [0.15, 0.2) is 5.58 Å². The van der Waals surface area contributed by atoms with Crippen molar-refractivity contribution in [2.45, 2.75) is 20.3 Å². The highest BCUT2D eigenvalue weighted by Gasteiger charge is 2.13. The lowest BCUT2D eigenvalue weighted by Crippen LogP contribution is -1.88. The molecule has 0 saturated heterocycles. The van der Waals surface area contributed by atoms with Crippen molar-refractivity contribution in [3.05, 3.63) is 27.4 Å². The number of rotatable bonds is 2. The van der Waals surface area contributed by atoms with Crippen molar-refractivity contribution < 1.29 is 4.52 Å². The van der Waals surface area contributed by atoms with Crippen LogP contribution < -0.4 is 0 Å². The van der Waals surface area contributed by atoms with Crippen LogP contribution >= 0.6 is 28.6 Å². The first kappa shape index (κ1) is 11.0. The van der Waals surface area contributed by atoms with Crippen LogP contribution in [0.1, 0.15) is 16.8 Å². The minimum absolute atomic E-state index is 0.784. The highest BCUT2D eigenvalue weighted by atomic mass is 79.9. The highest BCUT2D eigenvalue weighted by Crippen LogP contribution is 2.30. The van der Waals surface area contributed by atoms with Gasteiger partial charge in [0.2, 0.25) is 0 Å². The molecule has 0 aliphatic rings. The number of thiol groups is 1. The molecule has 0 radical (unpaired) electrons. The van der Waals surface area contributed by atoms with Crippen LogP contribution in [0.3, 0.4) is 0 Å². The summed E-state index contributed by atoms with van der Waals surface area (Å²) in [5.74, 6) is 0.784. The fraction of sp³-hybridized carbons (Fsp3) is 0.364. The van der Waals surface area contributed by atoms with E-state index in [0.29, 0.717) is 0 Å². The number of aryl methyl sites for hydroxylation is 2. The molecule has 0 atom stereocenters. The number of hydrogen-bond donors (Lipinski definition) is 1. The first-order chi connectivity index (χ1) is 7.15. The summed E-state index contributed by atoms with van der Waals surface area (Å²) < 4.78 is 6.47. The van der Waals surface area contributed by atoms with Crippen LogP contribution in [0.2, 0.25) is 0 Å². The van der Waals surface area contributed by atoms with Crippen LogP contribution in [0.25, 0.3) is 11.0 Å². The Kier molecular flexibility index (Phi) is 3.07. The molecule has 2 nitrogen and oxygen atoms in total. The molecule has 0 saturated carbocycles. The second-order valence-corrected chi connectivity index (χ2v) is 4.89. The van der Waals surface area contributed by atoms with E-state index < -0.39 is 0 Å². The van der Waals surface area contributed by atoms with Gasteiger partial charge >= 0.3 is 0 Å². The van der Waals surface area contributed by atoms with Crippen molar-refractivity contribution in [3.63, 3.8) is 0 Å². The summed E-state index contributed by atoms with van der Waals surface area (Å²) in [7, 11) is 0. The Bertz CT molecular complexity index is 507. The molecule has 0 aliphatic carbocycles. The van der Waals surface area contributed by atoms with Gasteiger partial charge in [-0.1, -0.05) is 21.1 Å². The van der Waals surface area contributed by atoms with E-state index in [9.17, 15) is 0 Å². The SMILES string of the molecule is Cc1c(Br)cc2c(CCS)noc2c1C. The topological polar surface area (TPSA) is 26.0 Å². The first-order valence-electron chi connectivity index (χ1n) is 4.80. The summed E-state index contributed by atoms with van der Waals surface area (Å²) in [6.45, 7) is 4.12. The summed E-state index contributed by atoms with van der Waals surface area (Å²) in [5.41, 5.74) is 4.24. The van der Waals surface area contributed by atoms with Gasteiger partial charge < -0.3 is 4.52 Å². The summed E-state index contributed by atoms with van der Waals surface area (Å²) in [4.78, 5) is 0. The molecule has 15 heavy (non-hydrogen) atoms. The molecule has 0 N–H and O–H groups in total. The Morgan fingerprint density at radius 1 is 1.40 bits per heavy atom. The molecular formula is C11H12BrNOS. The van der Waals surface area contributed by atoms with Gasteiger partial charge in [0.25, 0.3) is 0 Å². The molecule has 2 rings (SSSR count). The summed E-state index contributed by atoms with van der Waals surface area (Å²) >= 11 is 7.76. The van der Waals surface area contributed by atoms with E-state index >= 15 is 0 Å². The molecule has 0 aliphatic heterocycles. The molecule has 2 aromatic rings. The van der Waals surface area contributed by atoms with E-state index in [1.165, 1.54) is 5.56 Å². The molecular weight excluding hydrogens is 274 g/mol. The Balaban J connectivity index is 2.71. The van der Waals surface area contributed by atoms with Crippen LogP contribution in [-0.2, 0) is 6.42 Å². The van der Waals surface area contributed by atoms with Crippen LogP contribution in [0, 0.1) is 13.8 Å². The van der Waals surface area contributed by atoms with Crippen LogP contribution in [0.5, 0.6) is 0 Å². The van der Waals surface area contributed by atoms with Gasteiger partial charge in [-0.25, -0.2) is 0 Å². The number of aromatic nitrogens is 1. The van der Waals surface area contributed by atoms with Crippen LogP contribution in [-0.4, -0.2) is 10.9 Å². The van der Waals surface area contributed by atoms with Gasteiger partial charge in [0.05, 0.1) is 5.69 Å². The average molecular weight is 286 g/mol. The number of fused-ring (bicyclic) bond motifs is 1. The van der Waals surface area contributed by atoms with E-state index in [4.69, 9.17) is 4.52 Å². The first-order valence-corrected chi connectivity index (χ1v) is 6.22. The second kappa shape index (κ2) is 4.18. The van der Waals surface area contributed by atoms with E-state index in [0.717, 1.165) is 38.9 Å². The van der Waals surface area contributed by atoms with E-state index in [1.54, 1.807) is 0 Å². The molecule has 4 heteroatoms. The smallest absolute Gasteiger partial charge is 0.170 e. The maximum Gasteiger partial charge on any atom is 0.170 e. The molecule has 0 bridgehead atoms. The van der Waals surface area contributed by atoms with Crippen molar-refractivity contribution in [2.24, 2.45) is 0 Å². The molecule has 1 heterocycles. The number of halogens is 1. The second-order valence-electron chi connectivity index (χ2n) is 3.59. The standard InChI is InChI=1S/C11H12BrNOS/c1-6-7(2)11-8(5-9(6)12)10(3-4-15)13-14-11/h5,15H,3-4H2,1-2H3. The van der Waals surface area contributed by atoms with E-state index in [-0.39, 0.29) is 0 Å². The third kappa shape index (κ3) is 1.81. The summed E-state index contributed by atoms with van der Waals surface area (Å²) in [5, 5.41) is 5.18. The Labute approximate surface area is 103 Å². The zero-order valence-electron chi connectivity index (χ0n) is 8.67. The number of nitrogens with zero attached hydrogens (tertiary/aromatic N) is 1. The van der Waals surface area contributed by atoms with Gasteiger partial charge in [-0.2, -0.15) is 12.6 Å². The maximum absolute atomic E-state index is 5.36. The van der Waals surface area contributed by atoms with Crippen molar-refractivity contribution in [1.29, 1.82) is 0 Å². The summed E-state index contributed by atoms with van der Waals surface area (Å²) in [6, 6.07) is 2.08. The van der Waals surface area contributed by atoms with Crippen LogP contribution in [0.4, 0.5) is 0 Å². The molecule has 1 aromatic carbocycles. The molecule has 0 spiro atoms. The Morgan fingerprint density at radius 3 is 2.80 bits per heavy atom. The summed E-state index contributed by atoms with van der Waals surface area (Å²) in [6.07, 6.45) is 0.838. The third-order valence-corrected chi connectivity index (χ3v) is 3.73. The van der Waals surface area contributed by atoms with Gasteiger partial charge in [0.1, 0.15) is 0 Å². The monoisotopic (exact) mass is 285 g/mol. The minimum Gasteiger partial charge on any atom is -0.356 e. The minimum atomic E-state index is 0.784. The average Bonchev–Trinajstić information content (AvgIpc) is 2.59. The normalized spacial score (nSPS) is 11.2. The fourth-order valence-electron chi connectivity index (χ4n) is 1.62. The molecule has 80 valence electrons. The van der Waals surface area contributed by atoms with E-state index in [1.807, 2.05) is 0 Å². The number of benzene rings is 1. The van der Waals surface area contributed by atoms with Crippen molar-refractivity contribution >= 4 is 39.5 Å². The molecule has 1 aromatic heterocycles. The van der Waals surface area contributed by atoms with Gasteiger partial charge in [0, 0.05) is 16.3 Å². The van der Waals surface area contributed by atoms with E-state index in [2.05, 4.69) is 53.6 Å². The Hall–Kier alpha value is -0.480. The fourth-order valence-corrected chi connectivity index (χ4v) is 2.36. The van der Waals surface area contributed by atoms with Gasteiger partial charge in [-0.05, 0) is 36.8 Å². The molecule has 0 amide bonds. The highest BCUT2D eigenvalue weighted by molar-refractivity contribution is 9.10. The zero-order valence-corrected chi connectivity index (χ0v) is 11.2. The predicted octanol–water partition coefficient (Wildman–Crippen LogP) is 3.68. The lowest BCUT2D eigenvalue weighted by Gasteiger charge is -2.02. The number of hydrogen-bond acceptors (Lipinski definition) is 3. The van der Waals surface area contributed by atoms with Crippen molar-refractivity contribution in [3.8, 4) is 0 Å². The maximum atomic E-state index is 5.36.